The van der Waals surface area contributed by atoms with Crippen LogP contribution in [-0.4, -0.2) is 30.8 Å². The number of pyridine rings is 1. The van der Waals surface area contributed by atoms with E-state index in [4.69, 9.17) is 5.11 Å². The molecule has 0 saturated heterocycles. The van der Waals surface area contributed by atoms with Gasteiger partial charge >= 0.3 is 5.97 Å². The quantitative estimate of drug-likeness (QED) is 0.699. The summed E-state index contributed by atoms with van der Waals surface area (Å²) in [5, 5.41) is 12.2. The molecule has 2 aromatic rings. The zero-order chi connectivity index (χ0) is 10.8. The van der Waals surface area contributed by atoms with E-state index >= 15 is 0 Å². The van der Waals surface area contributed by atoms with Gasteiger partial charge in [-0.15, -0.1) is 5.10 Å². The molecular formula is C8H6N4O3. The lowest BCUT2D eigenvalue weighted by Crippen LogP contribution is -2.14. The monoisotopic (exact) mass is 206 g/mol. The SMILES string of the molecule is O=C(O)c1ncn(-c2ccc[nH]c2=O)n1. The molecule has 76 valence electrons. The van der Waals surface area contributed by atoms with Crippen molar-refractivity contribution in [1.29, 1.82) is 0 Å². The molecular weight excluding hydrogens is 200 g/mol. The van der Waals surface area contributed by atoms with Crippen molar-refractivity contribution in [3.8, 4) is 5.69 Å². The Morgan fingerprint density at radius 1 is 1.53 bits per heavy atom. The van der Waals surface area contributed by atoms with Gasteiger partial charge in [-0.2, -0.15) is 0 Å². The maximum atomic E-state index is 11.3. The van der Waals surface area contributed by atoms with E-state index in [1.54, 1.807) is 6.07 Å². The minimum absolute atomic E-state index is 0.220. The van der Waals surface area contributed by atoms with Crippen molar-refractivity contribution in [3.63, 3.8) is 0 Å². The first-order valence-electron chi connectivity index (χ1n) is 4.01. The molecule has 2 N–H and O–H groups in total. The number of carbonyl (C=O) groups is 1. The molecule has 7 heteroatoms. The van der Waals surface area contributed by atoms with Gasteiger partial charge < -0.3 is 10.1 Å². The second kappa shape index (κ2) is 3.37. The summed E-state index contributed by atoms with van der Waals surface area (Å²) in [6.45, 7) is 0. The average molecular weight is 206 g/mol. The molecule has 0 aliphatic rings. The highest BCUT2D eigenvalue weighted by atomic mass is 16.4. The van der Waals surface area contributed by atoms with Crippen molar-refractivity contribution in [2.75, 3.05) is 0 Å². The Hall–Kier alpha value is -2.44. The molecule has 2 aromatic heterocycles. The topological polar surface area (TPSA) is 101 Å². The van der Waals surface area contributed by atoms with Crippen molar-refractivity contribution in [3.05, 3.63) is 40.8 Å². The molecule has 0 aliphatic heterocycles. The van der Waals surface area contributed by atoms with E-state index < -0.39 is 5.97 Å². The van der Waals surface area contributed by atoms with Gasteiger partial charge in [0, 0.05) is 6.20 Å². The van der Waals surface area contributed by atoms with Crippen LogP contribution in [0.3, 0.4) is 0 Å². The van der Waals surface area contributed by atoms with E-state index in [0.29, 0.717) is 0 Å². The second-order valence-electron chi connectivity index (χ2n) is 2.70. The second-order valence-corrected chi connectivity index (χ2v) is 2.70. The standard InChI is InChI=1S/C8H6N4O3/c13-7-5(2-1-3-9-7)12-4-10-6(11-12)8(14)15/h1-4H,(H,9,13)(H,14,15). The fourth-order valence-corrected chi connectivity index (χ4v) is 1.07. The van der Waals surface area contributed by atoms with Gasteiger partial charge in [0.25, 0.3) is 11.4 Å². The summed E-state index contributed by atoms with van der Waals surface area (Å²) in [6.07, 6.45) is 2.65. The molecule has 0 atom stereocenters. The van der Waals surface area contributed by atoms with Crippen molar-refractivity contribution in [1.82, 2.24) is 19.7 Å². The van der Waals surface area contributed by atoms with Crippen LogP contribution in [-0.2, 0) is 0 Å². The fourth-order valence-electron chi connectivity index (χ4n) is 1.07. The van der Waals surface area contributed by atoms with E-state index in [-0.39, 0.29) is 17.1 Å². The summed E-state index contributed by atoms with van der Waals surface area (Å²) in [5.74, 6) is -1.58. The van der Waals surface area contributed by atoms with Crippen molar-refractivity contribution in [2.45, 2.75) is 0 Å². The molecule has 0 amide bonds. The number of H-pyrrole nitrogens is 1. The van der Waals surface area contributed by atoms with Crippen LogP contribution in [0, 0.1) is 0 Å². The first kappa shape index (κ1) is 9.13. The van der Waals surface area contributed by atoms with Crippen LogP contribution in [0.4, 0.5) is 0 Å². The predicted molar refractivity (Wildman–Crippen MR) is 48.9 cm³/mol. The van der Waals surface area contributed by atoms with Crippen molar-refractivity contribution in [2.24, 2.45) is 0 Å². The minimum Gasteiger partial charge on any atom is -0.475 e. The van der Waals surface area contributed by atoms with Gasteiger partial charge in [-0.25, -0.2) is 14.5 Å². The van der Waals surface area contributed by atoms with Crippen LogP contribution in [0.15, 0.2) is 29.5 Å². The lowest BCUT2D eigenvalue weighted by molar-refractivity contribution is 0.0683. The Morgan fingerprint density at radius 2 is 2.33 bits per heavy atom. The molecule has 0 aliphatic carbocycles. The Morgan fingerprint density at radius 3 is 2.93 bits per heavy atom. The Kier molecular flexibility index (Phi) is 2.05. The zero-order valence-corrected chi connectivity index (χ0v) is 7.41. The highest BCUT2D eigenvalue weighted by Gasteiger charge is 2.10. The number of aromatic nitrogens is 4. The number of rotatable bonds is 2. The average Bonchev–Trinajstić information content (AvgIpc) is 2.67. The van der Waals surface area contributed by atoms with Crippen molar-refractivity contribution >= 4 is 5.97 Å². The number of hydrogen-bond acceptors (Lipinski definition) is 4. The lowest BCUT2D eigenvalue weighted by Gasteiger charge is -1.96. The minimum atomic E-state index is -1.24. The molecule has 0 unspecified atom stereocenters. The van der Waals surface area contributed by atoms with Crippen LogP contribution in [0.1, 0.15) is 10.6 Å². The van der Waals surface area contributed by atoms with Gasteiger partial charge in [-0.1, -0.05) is 0 Å². The number of carboxylic acids is 1. The fraction of sp³-hybridized carbons (Fsp3) is 0. The number of hydrogen-bond donors (Lipinski definition) is 2. The summed E-state index contributed by atoms with van der Waals surface area (Å²) in [4.78, 5) is 27.8. The number of aromatic carboxylic acids is 1. The zero-order valence-electron chi connectivity index (χ0n) is 7.41. The number of nitrogens with zero attached hydrogens (tertiary/aromatic N) is 3. The molecule has 7 nitrogen and oxygen atoms in total. The normalized spacial score (nSPS) is 10.1. The Balaban J connectivity index is 2.51. The first-order valence-corrected chi connectivity index (χ1v) is 4.01. The molecule has 0 radical (unpaired) electrons. The van der Waals surface area contributed by atoms with Gasteiger partial charge in [0.15, 0.2) is 0 Å². The van der Waals surface area contributed by atoms with Gasteiger partial charge in [0.1, 0.15) is 12.0 Å². The summed E-state index contributed by atoms with van der Waals surface area (Å²) in [5.41, 5.74) is -0.142. The van der Waals surface area contributed by atoms with Crippen molar-refractivity contribution < 1.29 is 9.90 Å². The maximum absolute atomic E-state index is 11.3. The van der Waals surface area contributed by atoms with Crippen LogP contribution in [0.25, 0.3) is 5.69 Å². The van der Waals surface area contributed by atoms with Crippen LogP contribution in [0.5, 0.6) is 0 Å². The van der Waals surface area contributed by atoms with Crippen LogP contribution >= 0.6 is 0 Å². The third-order valence-electron chi connectivity index (χ3n) is 1.73. The largest absolute Gasteiger partial charge is 0.475 e. The van der Waals surface area contributed by atoms with Gasteiger partial charge in [0.2, 0.25) is 0 Å². The predicted octanol–water partition coefficient (Wildman–Crippen LogP) is -0.346. The Labute approximate surface area is 83.0 Å². The lowest BCUT2D eigenvalue weighted by atomic mass is 10.4. The van der Waals surface area contributed by atoms with E-state index in [9.17, 15) is 9.59 Å². The highest BCUT2D eigenvalue weighted by Crippen LogP contribution is 1.98. The number of nitrogens with one attached hydrogen (secondary N) is 1. The molecule has 0 aromatic carbocycles. The summed E-state index contributed by atoms with van der Waals surface area (Å²) in [7, 11) is 0. The molecule has 15 heavy (non-hydrogen) atoms. The Bertz CT molecular complexity index is 557. The van der Waals surface area contributed by atoms with Gasteiger partial charge in [-0.3, -0.25) is 4.79 Å². The number of aromatic amines is 1. The first-order chi connectivity index (χ1) is 7.18. The molecule has 0 saturated carbocycles. The van der Waals surface area contributed by atoms with Crippen LogP contribution in [0.2, 0.25) is 0 Å². The van der Waals surface area contributed by atoms with E-state index in [0.717, 1.165) is 4.68 Å². The summed E-state index contributed by atoms with van der Waals surface area (Å²) >= 11 is 0. The molecule has 0 spiro atoms. The number of carboxylic acid groups (broad SMARTS) is 1. The van der Waals surface area contributed by atoms with Gasteiger partial charge in [0.05, 0.1) is 0 Å². The maximum Gasteiger partial charge on any atom is 0.375 e. The van der Waals surface area contributed by atoms with E-state index in [1.807, 2.05) is 0 Å². The van der Waals surface area contributed by atoms with E-state index in [1.165, 1.54) is 18.6 Å². The third-order valence-corrected chi connectivity index (χ3v) is 1.73. The summed E-state index contributed by atoms with van der Waals surface area (Å²) < 4.78 is 1.11. The van der Waals surface area contributed by atoms with E-state index in [2.05, 4.69) is 15.1 Å². The summed E-state index contributed by atoms with van der Waals surface area (Å²) in [6, 6.07) is 3.12. The molecule has 2 rings (SSSR count). The highest BCUT2D eigenvalue weighted by molar-refractivity contribution is 5.82. The van der Waals surface area contributed by atoms with Gasteiger partial charge in [-0.05, 0) is 12.1 Å². The molecule has 0 bridgehead atoms. The third kappa shape index (κ3) is 1.62. The smallest absolute Gasteiger partial charge is 0.375 e. The molecule has 0 fully saturated rings. The molecule has 2 heterocycles. The van der Waals surface area contributed by atoms with Crippen LogP contribution < -0.4 is 5.56 Å².